The van der Waals surface area contributed by atoms with Crippen LogP contribution in [0, 0.1) is 0 Å². The number of phenolic OH excluding ortho intramolecular Hbond substituents is 1. The minimum atomic E-state index is -1.26. The fourth-order valence-corrected chi connectivity index (χ4v) is 3.40. The lowest BCUT2D eigenvalue weighted by molar-refractivity contribution is -0.138. The Morgan fingerprint density at radius 2 is 1.89 bits per heavy atom. The Morgan fingerprint density at radius 3 is 2.54 bits per heavy atom. The smallest absolute Gasteiger partial charge is 0.305 e. The highest BCUT2D eigenvalue weighted by atomic mass is 16.4. The standard InChI is InChI=1S/C23H27N5O7/c29-16-7-14(6-15(8-16)27-23-25-10-17(30)11-26-23)22(35)24-12-19(31)28-18(9-20(32)33)21(34)13-4-2-1-3-5-13/h1-8,17-18,21,29-30,34H,9-12H2,(H,24,35)(H,28,31)(H,32,33)(H2,25,26,27). The number of guanidine groups is 1. The number of β-amino-alcohol motifs (C(OH)–C–C–N with tert-alkyl or cyclic N) is 1. The van der Waals surface area contributed by atoms with Crippen LogP contribution in [0.5, 0.6) is 5.75 Å². The summed E-state index contributed by atoms with van der Waals surface area (Å²) in [6, 6.07) is 11.2. The van der Waals surface area contributed by atoms with E-state index < -0.39 is 49.0 Å². The summed E-state index contributed by atoms with van der Waals surface area (Å²) >= 11 is 0. The SMILES string of the molecule is O=C(O)CC(NC(=O)CNC(=O)c1cc(O)cc(NC2=NCC(O)CN2)c1)C(O)c1ccccc1. The summed E-state index contributed by atoms with van der Waals surface area (Å²) in [6.07, 6.45) is -2.38. The van der Waals surface area contributed by atoms with Gasteiger partial charge >= 0.3 is 5.97 Å². The van der Waals surface area contributed by atoms with Crippen molar-refractivity contribution in [3.63, 3.8) is 0 Å². The van der Waals surface area contributed by atoms with Gasteiger partial charge in [-0.2, -0.15) is 0 Å². The van der Waals surface area contributed by atoms with Gasteiger partial charge in [0.25, 0.3) is 5.91 Å². The average molecular weight is 485 g/mol. The van der Waals surface area contributed by atoms with E-state index in [0.29, 0.717) is 23.8 Å². The number of hydrogen-bond acceptors (Lipinski definition) is 9. The van der Waals surface area contributed by atoms with Gasteiger partial charge in [0.15, 0.2) is 5.96 Å². The summed E-state index contributed by atoms with van der Waals surface area (Å²) in [7, 11) is 0. The molecule has 0 bridgehead atoms. The molecule has 1 heterocycles. The molecule has 1 aliphatic heterocycles. The number of phenols is 1. The molecule has 3 atom stereocenters. The number of carboxylic acid groups (broad SMARTS) is 1. The Balaban J connectivity index is 1.60. The van der Waals surface area contributed by atoms with Crippen LogP contribution in [0.25, 0.3) is 0 Å². The number of aliphatic hydroxyl groups excluding tert-OH is 2. The molecule has 2 aromatic carbocycles. The van der Waals surface area contributed by atoms with E-state index in [1.54, 1.807) is 30.3 Å². The summed E-state index contributed by atoms with van der Waals surface area (Å²) in [5.74, 6) is -2.40. The van der Waals surface area contributed by atoms with Gasteiger partial charge in [0, 0.05) is 23.9 Å². The van der Waals surface area contributed by atoms with Gasteiger partial charge in [-0.05, 0) is 17.7 Å². The molecule has 2 amide bonds. The average Bonchev–Trinajstić information content (AvgIpc) is 2.83. The van der Waals surface area contributed by atoms with Crippen LogP contribution in [0.3, 0.4) is 0 Å². The molecule has 0 aromatic heterocycles. The van der Waals surface area contributed by atoms with Gasteiger partial charge in [-0.15, -0.1) is 0 Å². The van der Waals surface area contributed by atoms with E-state index in [4.69, 9.17) is 5.11 Å². The van der Waals surface area contributed by atoms with E-state index in [9.17, 15) is 29.7 Å². The van der Waals surface area contributed by atoms with Crippen molar-refractivity contribution in [2.45, 2.75) is 24.7 Å². The van der Waals surface area contributed by atoms with E-state index in [2.05, 4.69) is 26.3 Å². The first-order chi connectivity index (χ1) is 16.7. The first kappa shape index (κ1) is 25.5. The van der Waals surface area contributed by atoms with Gasteiger partial charge in [0.05, 0.1) is 37.8 Å². The van der Waals surface area contributed by atoms with Gasteiger partial charge in [-0.25, -0.2) is 0 Å². The molecule has 35 heavy (non-hydrogen) atoms. The maximum Gasteiger partial charge on any atom is 0.305 e. The summed E-state index contributed by atoms with van der Waals surface area (Å²) in [5, 5.41) is 49.7. The molecule has 0 saturated carbocycles. The van der Waals surface area contributed by atoms with Crippen LogP contribution < -0.4 is 21.3 Å². The van der Waals surface area contributed by atoms with E-state index in [-0.39, 0.29) is 17.9 Å². The molecule has 0 radical (unpaired) electrons. The van der Waals surface area contributed by atoms with Crippen LogP contribution in [0.15, 0.2) is 53.5 Å². The maximum atomic E-state index is 12.6. The van der Waals surface area contributed by atoms with Crippen molar-refractivity contribution in [1.82, 2.24) is 16.0 Å². The number of nitrogens with zero attached hydrogens (tertiary/aromatic N) is 1. The number of rotatable bonds is 9. The van der Waals surface area contributed by atoms with Gasteiger partial charge in [0.1, 0.15) is 5.75 Å². The lowest BCUT2D eigenvalue weighted by Gasteiger charge is -2.23. The number of benzene rings is 2. The molecule has 1 aliphatic rings. The second-order valence-corrected chi connectivity index (χ2v) is 7.93. The number of amides is 2. The minimum Gasteiger partial charge on any atom is -0.508 e. The van der Waals surface area contributed by atoms with Gasteiger partial charge in [0.2, 0.25) is 5.91 Å². The number of aliphatic carboxylic acids is 1. The third kappa shape index (κ3) is 7.69. The second kappa shape index (κ2) is 11.8. The zero-order chi connectivity index (χ0) is 25.4. The molecule has 3 unspecified atom stereocenters. The van der Waals surface area contributed by atoms with Crippen LogP contribution in [0.1, 0.15) is 28.4 Å². The fraction of sp³-hybridized carbons (Fsp3) is 0.304. The first-order valence-corrected chi connectivity index (χ1v) is 10.8. The highest BCUT2D eigenvalue weighted by Crippen LogP contribution is 2.21. The Kier molecular flexibility index (Phi) is 8.59. The molecule has 0 saturated heterocycles. The van der Waals surface area contributed by atoms with Crippen LogP contribution in [-0.4, -0.2) is 75.9 Å². The number of anilines is 1. The number of carbonyl (C=O) groups excluding carboxylic acids is 2. The normalized spacial score (nSPS) is 16.7. The molecule has 0 spiro atoms. The summed E-state index contributed by atoms with van der Waals surface area (Å²) in [5.41, 5.74) is 0.854. The van der Waals surface area contributed by atoms with Crippen molar-refractivity contribution in [2.75, 3.05) is 25.0 Å². The second-order valence-electron chi connectivity index (χ2n) is 7.93. The molecular formula is C23H27N5O7. The molecule has 0 aliphatic carbocycles. The van der Waals surface area contributed by atoms with E-state index in [1.807, 2.05) is 0 Å². The largest absolute Gasteiger partial charge is 0.508 e. The molecule has 186 valence electrons. The van der Waals surface area contributed by atoms with E-state index in [1.165, 1.54) is 18.2 Å². The van der Waals surface area contributed by atoms with Gasteiger partial charge in [-0.1, -0.05) is 30.3 Å². The summed E-state index contributed by atoms with van der Waals surface area (Å²) < 4.78 is 0. The summed E-state index contributed by atoms with van der Waals surface area (Å²) in [4.78, 5) is 40.3. The van der Waals surface area contributed by atoms with Gasteiger partial charge < -0.3 is 41.7 Å². The van der Waals surface area contributed by atoms with Crippen LogP contribution in [-0.2, 0) is 9.59 Å². The Bertz CT molecular complexity index is 1090. The van der Waals surface area contributed by atoms with Crippen molar-refractivity contribution >= 4 is 29.4 Å². The van der Waals surface area contributed by atoms with Crippen molar-refractivity contribution in [3.05, 3.63) is 59.7 Å². The monoisotopic (exact) mass is 485 g/mol. The number of carbonyl (C=O) groups is 3. The maximum absolute atomic E-state index is 12.6. The predicted octanol–water partition coefficient (Wildman–Crippen LogP) is -0.453. The number of aromatic hydroxyl groups is 1. The highest BCUT2D eigenvalue weighted by Gasteiger charge is 2.25. The van der Waals surface area contributed by atoms with E-state index in [0.717, 1.165) is 0 Å². The molecule has 3 rings (SSSR count). The minimum absolute atomic E-state index is 0.0585. The van der Waals surface area contributed by atoms with Crippen molar-refractivity contribution < 1.29 is 34.8 Å². The van der Waals surface area contributed by atoms with Crippen molar-refractivity contribution in [1.29, 1.82) is 0 Å². The lowest BCUT2D eigenvalue weighted by atomic mass is 9.99. The molecule has 0 fully saturated rings. The lowest BCUT2D eigenvalue weighted by Crippen LogP contribution is -2.45. The highest BCUT2D eigenvalue weighted by molar-refractivity contribution is 6.00. The van der Waals surface area contributed by atoms with Crippen LogP contribution in [0.4, 0.5) is 5.69 Å². The summed E-state index contributed by atoms with van der Waals surface area (Å²) in [6.45, 7) is 0.0222. The number of carboxylic acids is 1. The Morgan fingerprint density at radius 1 is 1.14 bits per heavy atom. The van der Waals surface area contributed by atoms with Crippen LogP contribution >= 0.6 is 0 Å². The number of aliphatic imine (C=N–C) groups is 1. The molecule has 2 aromatic rings. The molecule has 8 N–H and O–H groups in total. The Labute approximate surface area is 200 Å². The number of aliphatic hydroxyl groups is 2. The molecule has 12 nitrogen and oxygen atoms in total. The van der Waals surface area contributed by atoms with Crippen molar-refractivity contribution in [2.24, 2.45) is 4.99 Å². The number of hydrogen-bond donors (Lipinski definition) is 8. The number of nitrogens with one attached hydrogen (secondary N) is 4. The third-order valence-electron chi connectivity index (χ3n) is 5.08. The quantitative estimate of drug-likeness (QED) is 0.232. The fourth-order valence-electron chi connectivity index (χ4n) is 3.40. The topological polar surface area (TPSA) is 193 Å². The molecular weight excluding hydrogens is 458 g/mol. The first-order valence-electron chi connectivity index (χ1n) is 10.8. The zero-order valence-corrected chi connectivity index (χ0v) is 18.6. The van der Waals surface area contributed by atoms with Crippen LogP contribution in [0.2, 0.25) is 0 Å². The predicted molar refractivity (Wildman–Crippen MR) is 126 cm³/mol. The zero-order valence-electron chi connectivity index (χ0n) is 18.6. The van der Waals surface area contributed by atoms with Crippen molar-refractivity contribution in [3.8, 4) is 5.75 Å². The third-order valence-corrected chi connectivity index (χ3v) is 5.08. The molecule has 12 heteroatoms. The van der Waals surface area contributed by atoms with E-state index >= 15 is 0 Å². The Hall–Kier alpha value is -4.16. The van der Waals surface area contributed by atoms with Gasteiger partial charge in [-0.3, -0.25) is 19.4 Å².